The zero-order chi connectivity index (χ0) is 19.5. The summed E-state index contributed by atoms with van der Waals surface area (Å²) in [5.41, 5.74) is 7.99. The highest BCUT2D eigenvalue weighted by Gasteiger charge is 2.12. The Kier molecular flexibility index (Phi) is 4.72. The normalized spacial score (nSPS) is 10.8. The topological polar surface area (TPSA) is 66.5 Å². The van der Waals surface area contributed by atoms with E-state index in [1.165, 1.54) is 0 Å². The van der Waals surface area contributed by atoms with E-state index in [2.05, 4.69) is 0 Å². The highest BCUT2D eigenvalue weighted by atomic mass is 16.5. The Morgan fingerprint density at radius 3 is 2.32 bits per heavy atom. The molecule has 0 saturated heterocycles. The van der Waals surface area contributed by atoms with Crippen LogP contribution in [0.2, 0.25) is 0 Å². The van der Waals surface area contributed by atoms with Crippen LogP contribution in [0.15, 0.2) is 79.0 Å². The molecule has 0 spiro atoms. The molecule has 5 nitrogen and oxygen atoms in total. The third-order valence-electron chi connectivity index (χ3n) is 4.53. The van der Waals surface area contributed by atoms with Crippen LogP contribution < -0.4 is 15.2 Å². The summed E-state index contributed by atoms with van der Waals surface area (Å²) in [5, 5.41) is 0.773. The molecule has 0 aliphatic carbocycles. The average molecular weight is 372 g/mol. The molecular weight excluding hydrogens is 352 g/mol. The van der Waals surface area contributed by atoms with Crippen molar-refractivity contribution in [3.05, 3.63) is 90.1 Å². The molecule has 0 aliphatic heterocycles. The molecular formula is C23H20N2O3. The van der Waals surface area contributed by atoms with Gasteiger partial charge in [0, 0.05) is 24.1 Å². The van der Waals surface area contributed by atoms with Gasteiger partial charge in [0.1, 0.15) is 23.9 Å². The maximum absolute atomic E-state index is 11.7. The second-order valence-corrected chi connectivity index (χ2v) is 6.54. The fraction of sp³-hybridized carbons (Fsp3) is 0.0870. The van der Waals surface area contributed by atoms with Crippen LogP contribution in [0, 0.1) is 0 Å². The van der Waals surface area contributed by atoms with Gasteiger partial charge in [-0.05, 0) is 48.0 Å². The van der Waals surface area contributed by atoms with E-state index in [-0.39, 0.29) is 0 Å². The van der Waals surface area contributed by atoms with Crippen molar-refractivity contribution in [2.24, 2.45) is 12.8 Å². The monoisotopic (exact) mass is 372 g/mol. The minimum atomic E-state index is -0.456. The van der Waals surface area contributed by atoms with E-state index in [1.807, 2.05) is 84.4 Å². The number of nitrogens with zero attached hydrogens (tertiary/aromatic N) is 1. The summed E-state index contributed by atoms with van der Waals surface area (Å²) < 4.78 is 13.6. The summed E-state index contributed by atoms with van der Waals surface area (Å²) in [6.07, 6.45) is 1.73. The van der Waals surface area contributed by atoms with Crippen molar-refractivity contribution in [1.29, 1.82) is 0 Å². The van der Waals surface area contributed by atoms with Gasteiger partial charge in [-0.25, -0.2) is 0 Å². The second-order valence-electron chi connectivity index (χ2n) is 6.54. The smallest absolute Gasteiger partial charge is 0.250 e. The number of benzene rings is 3. The van der Waals surface area contributed by atoms with Gasteiger partial charge in [-0.1, -0.05) is 30.3 Å². The molecule has 0 bridgehead atoms. The summed E-state index contributed by atoms with van der Waals surface area (Å²) in [6.45, 7) is 0.515. The maximum Gasteiger partial charge on any atom is 0.250 e. The molecule has 1 aromatic heterocycles. The Morgan fingerprint density at radius 2 is 1.61 bits per heavy atom. The summed E-state index contributed by atoms with van der Waals surface area (Å²) in [7, 11) is 1.88. The SMILES string of the molecule is Cn1cc(C(N)=O)c2cc(Oc3ccc(OCc4ccccc4)cc3)ccc21. The van der Waals surface area contributed by atoms with Crippen LogP contribution in [-0.4, -0.2) is 10.5 Å². The number of carbonyl (C=O) groups is 1. The van der Waals surface area contributed by atoms with Gasteiger partial charge >= 0.3 is 0 Å². The third-order valence-corrected chi connectivity index (χ3v) is 4.53. The van der Waals surface area contributed by atoms with Crippen molar-refractivity contribution in [1.82, 2.24) is 4.57 Å². The number of hydrogen-bond acceptors (Lipinski definition) is 3. The molecule has 4 aromatic rings. The first-order valence-corrected chi connectivity index (χ1v) is 8.94. The highest BCUT2D eigenvalue weighted by Crippen LogP contribution is 2.29. The lowest BCUT2D eigenvalue weighted by Gasteiger charge is -2.09. The molecule has 2 N–H and O–H groups in total. The quantitative estimate of drug-likeness (QED) is 0.536. The van der Waals surface area contributed by atoms with E-state index in [9.17, 15) is 4.79 Å². The number of primary amides is 1. The Balaban J connectivity index is 1.48. The van der Waals surface area contributed by atoms with E-state index in [1.54, 1.807) is 6.20 Å². The number of fused-ring (bicyclic) bond motifs is 1. The van der Waals surface area contributed by atoms with Crippen molar-refractivity contribution in [2.45, 2.75) is 6.61 Å². The minimum absolute atomic E-state index is 0.456. The van der Waals surface area contributed by atoms with Gasteiger partial charge in [-0.2, -0.15) is 0 Å². The summed E-state index contributed by atoms with van der Waals surface area (Å²) in [5.74, 6) is 1.63. The van der Waals surface area contributed by atoms with Crippen molar-refractivity contribution in [2.75, 3.05) is 0 Å². The van der Waals surface area contributed by atoms with Crippen LogP contribution in [0.1, 0.15) is 15.9 Å². The van der Waals surface area contributed by atoms with Crippen LogP contribution in [0.3, 0.4) is 0 Å². The van der Waals surface area contributed by atoms with Crippen LogP contribution in [-0.2, 0) is 13.7 Å². The fourth-order valence-corrected chi connectivity index (χ4v) is 3.11. The van der Waals surface area contributed by atoms with Crippen LogP contribution >= 0.6 is 0 Å². The number of rotatable bonds is 6. The van der Waals surface area contributed by atoms with Gasteiger partial charge in [0.05, 0.1) is 5.56 Å². The molecule has 0 unspecified atom stereocenters. The molecule has 28 heavy (non-hydrogen) atoms. The lowest BCUT2D eigenvalue weighted by molar-refractivity contribution is 0.100. The zero-order valence-electron chi connectivity index (χ0n) is 15.5. The van der Waals surface area contributed by atoms with Gasteiger partial charge in [0.2, 0.25) is 0 Å². The molecule has 0 radical (unpaired) electrons. The Labute approximate surface area is 162 Å². The standard InChI is InChI=1S/C23H20N2O3/c1-25-14-21(23(24)26)20-13-19(11-12-22(20)25)28-18-9-7-17(8-10-18)27-15-16-5-3-2-4-6-16/h2-14H,15H2,1H3,(H2,24,26). The van der Waals surface area contributed by atoms with Gasteiger partial charge in [0.15, 0.2) is 0 Å². The Morgan fingerprint density at radius 1 is 0.929 bits per heavy atom. The zero-order valence-corrected chi connectivity index (χ0v) is 15.5. The van der Waals surface area contributed by atoms with Crippen molar-refractivity contribution in [3.8, 4) is 17.2 Å². The lowest BCUT2D eigenvalue weighted by Crippen LogP contribution is -2.10. The first-order valence-electron chi connectivity index (χ1n) is 8.94. The highest BCUT2D eigenvalue weighted by molar-refractivity contribution is 6.06. The Hall–Kier alpha value is -3.73. The van der Waals surface area contributed by atoms with E-state index in [0.717, 1.165) is 22.2 Å². The third kappa shape index (κ3) is 3.69. The van der Waals surface area contributed by atoms with E-state index in [0.29, 0.717) is 23.7 Å². The molecule has 140 valence electrons. The lowest BCUT2D eigenvalue weighted by atomic mass is 10.1. The summed E-state index contributed by atoms with van der Waals surface area (Å²) in [6, 6.07) is 23.1. The molecule has 0 atom stereocenters. The first kappa shape index (κ1) is 17.7. The fourth-order valence-electron chi connectivity index (χ4n) is 3.11. The van der Waals surface area contributed by atoms with Gasteiger partial charge in [0.25, 0.3) is 5.91 Å². The molecule has 1 heterocycles. The van der Waals surface area contributed by atoms with Crippen LogP contribution in [0.5, 0.6) is 17.2 Å². The van der Waals surface area contributed by atoms with E-state index >= 15 is 0 Å². The molecule has 0 saturated carbocycles. The predicted octanol–water partition coefficient (Wildman–Crippen LogP) is 4.65. The van der Waals surface area contributed by atoms with Crippen molar-refractivity contribution < 1.29 is 14.3 Å². The van der Waals surface area contributed by atoms with E-state index in [4.69, 9.17) is 15.2 Å². The number of ether oxygens (including phenoxy) is 2. The van der Waals surface area contributed by atoms with Gasteiger partial charge < -0.3 is 19.8 Å². The number of carbonyl (C=O) groups excluding carboxylic acids is 1. The molecule has 3 aromatic carbocycles. The van der Waals surface area contributed by atoms with Gasteiger partial charge in [-0.15, -0.1) is 0 Å². The van der Waals surface area contributed by atoms with Crippen LogP contribution in [0.25, 0.3) is 10.9 Å². The number of amides is 1. The van der Waals surface area contributed by atoms with Crippen molar-refractivity contribution in [3.63, 3.8) is 0 Å². The number of nitrogens with two attached hydrogens (primary N) is 1. The van der Waals surface area contributed by atoms with Crippen LogP contribution in [0.4, 0.5) is 0 Å². The predicted molar refractivity (Wildman–Crippen MR) is 109 cm³/mol. The first-order chi connectivity index (χ1) is 13.6. The molecule has 0 fully saturated rings. The van der Waals surface area contributed by atoms with Crippen molar-refractivity contribution >= 4 is 16.8 Å². The van der Waals surface area contributed by atoms with E-state index < -0.39 is 5.91 Å². The Bertz CT molecular complexity index is 1120. The minimum Gasteiger partial charge on any atom is -0.489 e. The number of aromatic nitrogens is 1. The second kappa shape index (κ2) is 7.48. The molecule has 1 amide bonds. The maximum atomic E-state index is 11.7. The molecule has 5 heteroatoms. The summed E-state index contributed by atoms with van der Waals surface area (Å²) in [4.78, 5) is 11.7. The molecule has 4 rings (SSSR count). The number of hydrogen-bond donors (Lipinski definition) is 1. The van der Waals surface area contributed by atoms with Gasteiger partial charge in [-0.3, -0.25) is 4.79 Å². The largest absolute Gasteiger partial charge is 0.489 e. The molecule has 0 aliphatic rings. The number of aryl methyl sites for hydroxylation is 1. The average Bonchev–Trinajstić information content (AvgIpc) is 3.05. The summed E-state index contributed by atoms with van der Waals surface area (Å²) >= 11 is 0.